The number of ether oxygens (including phenoxy) is 1. The van der Waals surface area contributed by atoms with Crippen molar-refractivity contribution in [3.05, 3.63) is 47.0 Å². The maximum atomic E-state index is 13.6. The number of hydrogen-bond acceptors (Lipinski definition) is 6. The minimum Gasteiger partial charge on any atom is -0.482 e. The van der Waals surface area contributed by atoms with Crippen LogP contribution < -0.4 is 15.0 Å². The summed E-state index contributed by atoms with van der Waals surface area (Å²) < 4.78 is 34.1. The van der Waals surface area contributed by atoms with E-state index in [0.29, 0.717) is 49.5 Å². The monoisotopic (exact) mass is 526 g/mol. The highest BCUT2D eigenvalue weighted by molar-refractivity contribution is 7.89. The van der Waals surface area contributed by atoms with Crippen molar-refractivity contribution >= 4 is 33.2 Å². The van der Waals surface area contributed by atoms with Gasteiger partial charge in [0.2, 0.25) is 15.9 Å². The zero-order valence-electron chi connectivity index (χ0n) is 21.6. The molecule has 2 fully saturated rings. The molecule has 2 aromatic carbocycles. The van der Waals surface area contributed by atoms with Gasteiger partial charge in [0.25, 0.3) is 5.91 Å². The van der Waals surface area contributed by atoms with Crippen LogP contribution in [0, 0.1) is 26.7 Å². The van der Waals surface area contributed by atoms with Crippen LogP contribution in [0.1, 0.15) is 29.5 Å². The number of piperidine rings is 1. The second-order valence-electron chi connectivity index (χ2n) is 10.3. The second kappa shape index (κ2) is 9.98. The fourth-order valence-electron chi connectivity index (χ4n) is 5.48. The molecular formula is C27H34N4O5S. The Morgan fingerprint density at radius 3 is 2.51 bits per heavy atom. The third kappa shape index (κ3) is 5.04. The van der Waals surface area contributed by atoms with E-state index in [1.807, 2.05) is 4.90 Å². The predicted octanol–water partition coefficient (Wildman–Crippen LogP) is 2.69. The van der Waals surface area contributed by atoms with Crippen molar-refractivity contribution in [1.29, 1.82) is 0 Å². The Morgan fingerprint density at radius 1 is 1.00 bits per heavy atom. The van der Waals surface area contributed by atoms with Crippen LogP contribution in [0.2, 0.25) is 0 Å². The molecule has 0 aromatic heterocycles. The number of sulfonamides is 1. The molecule has 1 atom stereocenters. The Balaban J connectivity index is 1.26. The van der Waals surface area contributed by atoms with Gasteiger partial charge in [-0.15, -0.1) is 0 Å². The van der Waals surface area contributed by atoms with E-state index in [4.69, 9.17) is 4.74 Å². The van der Waals surface area contributed by atoms with E-state index >= 15 is 0 Å². The molecule has 0 spiro atoms. The van der Waals surface area contributed by atoms with Crippen molar-refractivity contribution in [3.8, 4) is 5.75 Å². The minimum absolute atomic E-state index is 0.0359. The third-order valence-electron chi connectivity index (χ3n) is 7.56. The molecule has 3 aliphatic heterocycles. The molecule has 1 unspecified atom stereocenters. The number of anilines is 2. The lowest BCUT2D eigenvalue weighted by atomic mass is 9.97. The van der Waals surface area contributed by atoms with Gasteiger partial charge in [-0.25, -0.2) is 8.42 Å². The summed E-state index contributed by atoms with van der Waals surface area (Å²) in [6.45, 7) is 9.07. The summed E-state index contributed by atoms with van der Waals surface area (Å²) in [5, 5.41) is 2.71. The third-order valence-corrected chi connectivity index (χ3v) is 9.56. The number of fused-ring (bicyclic) bond motifs is 1. The number of benzene rings is 2. The lowest BCUT2D eigenvalue weighted by Crippen LogP contribution is -2.53. The van der Waals surface area contributed by atoms with Gasteiger partial charge in [-0.05, 0) is 62.4 Å². The standard InChI is InChI=1S/C27H34N4O5S/c1-18-6-7-19(2)23(13-18)29-9-11-30(12-10-29)27(33)21-5-4-8-31(16-21)37(34,35)25-15-24-22(14-20(25)3)28-26(32)17-36-24/h6-7,13-15,21H,4-5,8-12,16-17H2,1-3H3,(H,28,32). The molecule has 3 heterocycles. The van der Waals surface area contributed by atoms with Gasteiger partial charge in [0.15, 0.2) is 6.61 Å². The zero-order chi connectivity index (χ0) is 26.3. The molecule has 0 aliphatic carbocycles. The number of piperazine rings is 1. The SMILES string of the molecule is Cc1ccc(C)c(N2CCN(C(=O)C3CCCN(S(=O)(=O)c4cc5c(cc4C)NC(=O)CO5)C3)CC2)c1. The Bertz CT molecular complexity index is 1330. The number of nitrogens with zero attached hydrogens (tertiary/aromatic N) is 3. The quantitative estimate of drug-likeness (QED) is 0.658. The van der Waals surface area contributed by atoms with E-state index in [1.165, 1.54) is 27.2 Å². The number of aryl methyl sites for hydroxylation is 3. The molecule has 2 saturated heterocycles. The number of amides is 2. The summed E-state index contributed by atoms with van der Waals surface area (Å²) in [6.07, 6.45) is 1.31. The molecule has 9 nitrogen and oxygen atoms in total. The smallest absolute Gasteiger partial charge is 0.262 e. The molecule has 37 heavy (non-hydrogen) atoms. The summed E-state index contributed by atoms with van der Waals surface area (Å²) in [5.74, 6) is -0.247. The Kier molecular flexibility index (Phi) is 6.89. The fraction of sp³-hybridized carbons (Fsp3) is 0.481. The van der Waals surface area contributed by atoms with Crippen molar-refractivity contribution in [2.75, 3.05) is 56.1 Å². The molecule has 2 aromatic rings. The molecule has 5 rings (SSSR count). The van der Waals surface area contributed by atoms with Crippen molar-refractivity contribution < 1.29 is 22.7 Å². The number of carbonyl (C=O) groups is 2. The van der Waals surface area contributed by atoms with E-state index in [1.54, 1.807) is 13.0 Å². The molecule has 1 N–H and O–H groups in total. The van der Waals surface area contributed by atoms with Gasteiger partial charge in [-0.1, -0.05) is 12.1 Å². The lowest BCUT2D eigenvalue weighted by molar-refractivity contribution is -0.137. The molecule has 10 heteroatoms. The second-order valence-corrected chi connectivity index (χ2v) is 12.2. The van der Waals surface area contributed by atoms with Crippen molar-refractivity contribution in [2.45, 2.75) is 38.5 Å². The highest BCUT2D eigenvalue weighted by Gasteiger charge is 2.37. The van der Waals surface area contributed by atoms with Crippen LogP contribution in [0.3, 0.4) is 0 Å². The number of rotatable bonds is 4. The van der Waals surface area contributed by atoms with Crippen LogP contribution in [-0.4, -0.2) is 75.3 Å². The highest BCUT2D eigenvalue weighted by Crippen LogP contribution is 2.35. The maximum Gasteiger partial charge on any atom is 0.262 e. The van der Waals surface area contributed by atoms with Crippen molar-refractivity contribution in [2.24, 2.45) is 5.92 Å². The van der Waals surface area contributed by atoms with Crippen LogP contribution in [-0.2, 0) is 19.6 Å². The summed E-state index contributed by atoms with van der Waals surface area (Å²) in [4.78, 5) is 29.4. The highest BCUT2D eigenvalue weighted by atomic mass is 32.2. The molecule has 3 aliphatic rings. The van der Waals surface area contributed by atoms with Crippen LogP contribution in [0.25, 0.3) is 0 Å². The van der Waals surface area contributed by atoms with E-state index < -0.39 is 10.0 Å². The molecule has 2 amide bonds. The van der Waals surface area contributed by atoms with Gasteiger partial charge in [0, 0.05) is 51.0 Å². The largest absolute Gasteiger partial charge is 0.482 e. The maximum absolute atomic E-state index is 13.6. The van der Waals surface area contributed by atoms with Crippen LogP contribution in [0.4, 0.5) is 11.4 Å². The average molecular weight is 527 g/mol. The van der Waals surface area contributed by atoms with Gasteiger partial charge in [-0.3, -0.25) is 9.59 Å². The van der Waals surface area contributed by atoms with Gasteiger partial charge < -0.3 is 19.9 Å². The van der Waals surface area contributed by atoms with E-state index in [9.17, 15) is 18.0 Å². The summed E-state index contributed by atoms with van der Waals surface area (Å²) >= 11 is 0. The van der Waals surface area contributed by atoms with Gasteiger partial charge in [0.1, 0.15) is 5.75 Å². The van der Waals surface area contributed by atoms with Crippen molar-refractivity contribution in [1.82, 2.24) is 9.21 Å². The number of hydrogen-bond donors (Lipinski definition) is 1. The number of carbonyl (C=O) groups excluding carboxylic acids is 2. The first-order valence-electron chi connectivity index (χ1n) is 12.8. The molecule has 0 bridgehead atoms. The van der Waals surface area contributed by atoms with Gasteiger partial charge >= 0.3 is 0 Å². The predicted molar refractivity (Wildman–Crippen MR) is 141 cm³/mol. The normalized spacial score (nSPS) is 20.7. The van der Waals surface area contributed by atoms with Crippen LogP contribution in [0.5, 0.6) is 5.75 Å². The average Bonchev–Trinajstić information content (AvgIpc) is 2.89. The van der Waals surface area contributed by atoms with Crippen molar-refractivity contribution in [3.63, 3.8) is 0 Å². The van der Waals surface area contributed by atoms with E-state index in [2.05, 4.69) is 42.3 Å². The summed E-state index contributed by atoms with van der Waals surface area (Å²) in [6, 6.07) is 9.54. The summed E-state index contributed by atoms with van der Waals surface area (Å²) in [5.41, 5.74) is 4.66. The van der Waals surface area contributed by atoms with Gasteiger partial charge in [-0.2, -0.15) is 4.31 Å². The first-order valence-corrected chi connectivity index (χ1v) is 14.3. The fourth-order valence-corrected chi connectivity index (χ4v) is 7.23. The Labute approximate surface area is 218 Å². The summed E-state index contributed by atoms with van der Waals surface area (Å²) in [7, 11) is -3.83. The topological polar surface area (TPSA) is 99.3 Å². The lowest BCUT2D eigenvalue weighted by Gasteiger charge is -2.40. The Morgan fingerprint density at radius 2 is 1.76 bits per heavy atom. The Hall–Kier alpha value is -3.11. The molecular weight excluding hydrogens is 492 g/mol. The molecule has 198 valence electrons. The van der Waals surface area contributed by atoms with Crippen LogP contribution in [0.15, 0.2) is 35.2 Å². The number of nitrogens with one attached hydrogen (secondary N) is 1. The van der Waals surface area contributed by atoms with E-state index in [0.717, 1.165) is 13.1 Å². The first-order chi connectivity index (χ1) is 17.6. The van der Waals surface area contributed by atoms with Gasteiger partial charge in [0.05, 0.1) is 16.5 Å². The minimum atomic E-state index is -3.83. The zero-order valence-corrected chi connectivity index (χ0v) is 22.4. The first kappa shape index (κ1) is 25.5. The molecule has 0 saturated carbocycles. The van der Waals surface area contributed by atoms with E-state index in [-0.39, 0.29) is 35.8 Å². The molecule has 0 radical (unpaired) electrons. The van der Waals surface area contributed by atoms with Crippen LogP contribution >= 0.6 is 0 Å².